The first kappa shape index (κ1) is 15.8. The molecule has 1 fully saturated rings. The summed E-state index contributed by atoms with van der Waals surface area (Å²) in [6.07, 6.45) is 1.78. The van der Waals surface area contributed by atoms with Crippen molar-refractivity contribution in [1.82, 2.24) is 10.6 Å². The van der Waals surface area contributed by atoms with E-state index in [0.29, 0.717) is 6.54 Å². The van der Waals surface area contributed by atoms with E-state index in [1.807, 2.05) is 20.8 Å². The zero-order valence-corrected chi connectivity index (χ0v) is 13.5. The Morgan fingerprint density at radius 2 is 2.19 bits per heavy atom. The SMILES string of the molecule is Cc1cccc(C2(CNC(=O)OC(C)(C)C)CCCN2)c1. The molecule has 0 aromatic heterocycles. The van der Waals surface area contributed by atoms with E-state index in [-0.39, 0.29) is 11.6 Å². The number of nitrogens with one attached hydrogen (secondary N) is 2. The van der Waals surface area contributed by atoms with Gasteiger partial charge in [0.25, 0.3) is 0 Å². The van der Waals surface area contributed by atoms with Crippen LogP contribution in [0.4, 0.5) is 4.79 Å². The summed E-state index contributed by atoms with van der Waals surface area (Å²) >= 11 is 0. The lowest BCUT2D eigenvalue weighted by molar-refractivity contribution is 0.0511. The minimum atomic E-state index is -0.469. The molecule has 0 bridgehead atoms. The fourth-order valence-electron chi connectivity index (χ4n) is 2.79. The second-order valence-corrected chi connectivity index (χ2v) is 6.84. The maximum absolute atomic E-state index is 11.9. The van der Waals surface area contributed by atoms with Crippen molar-refractivity contribution in [3.05, 3.63) is 35.4 Å². The Hall–Kier alpha value is -1.55. The van der Waals surface area contributed by atoms with Crippen LogP contribution in [0.1, 0.15) is 44.7 Å². The summed E-state index contributed by atoms with van der Waals surface area (Å²) < 4.78 is 5.32. The van der Waals surface area contributed by atoms with Gasteiger partial charge >= 0.3 is 6.09 Å². The Kier molecular flexibility index (Phi) is 4.57. The predicted octanol–water partition coefficient (Wildman–Crippen LogP) is 3.10. The van der Waals surface area contributed by atoms with Crippen molar-refractivity contribution in [3.63, 3.8) is 0 Å². The number of alkyl carbamates (subject to hydrolysis) is 1. The van der Waals surface area contributed by atoms with E-state index in [0.717, 1.165) is 19.4 Å². The van der Waals surface area contributed by atoms with E-state index in [1.165, 1.54) is 11.1 Å². The molecule has 1 atom stereocenters. The molecule has 0 radical (unpaired) electrons. The molecule has 1 amide bonds. The van der Waals surface area contributed by atoms with Crippen LogP contribution in [0.15, 0.2) is 24.3 Å². The molecule has 4 nitrogen and oxygen atoms in total. The summed E-state index contributed by atoms with van der Waals surface area (Å²) in [6.45, 7) is 9.23. The van der Waals surface area contributed by atoms with Crippen molar-refractivity contribution in [2.75, 3.05) is 13.1 Å². The lowest BCUT2D eigenvalue weighted by Crippen LogP contribution is -2.48. The van der Waals surface area contributed by atoms with Gasteiger partial charge in [-0.05, 0) is 52.6 Å². The minimum absolute atomic E-state index is 0.178. The maximum Gasteiger partial charge on any atom is 0.407 e. The number of hydrogen-bond acceptors (Lipinski definition) is 3. The third-order valence-corrected chi connectivity index (χ3v) is 3.75. The highest BCUT2D eigenvalue weighted by Gasteiger charge is 2.36. The molecule has 116 valence electrons. The maximum atomic E-state index is 11.9. The molecule has 2 N–H and O–H groups in total. The lowest BCUT2D eigenvalue weighted by atomic mass is 9.87. The molecule has 1 aromatic carbocycles. The van der Waals surface area contributed by atoms with Gasteiger partial charge in [0.1, 0.15) is 5.60 Å². The summed E-state index contributed by atoms with van der Waals surface area (Å²) in [5.41, 5.74) is 1.82. The molecule has 4 heteroatoms. The van der Waals surface area contributed by atoms with Crippen LogP contribution in [0.25, 0.3) is 0 Å². The van der Waals surface area contributed by atoms with Crippen LogP contribution in [0, 0.1) is 6.92 Å². The largest absolute Gasteiger partial charge is 0.444 e. The summed E-state index contributed by atoms with van der Waals surface area (Å²) in [7, 11) is 0. The summed E-state index contributed by atoms with van der Waals surface area (Å²) in [6, 6.07) is 8.48. The molecule has 0 saturated carbocycles. The first-order valence-electron chi connectivity index (χ1n) is 7.60. The predicted molar refractivity (Wildman–Crippen MR) is 84.3 cm³/mol. The minimum Gasteiger partial charge on any atom is -0.444 e. The van der Waals surface area contributed by atoms with Crippen LogP contribution in [0.5, 0.6) is 0 Å². The average Bonchev–Trinajstić information content (AvgIpc) is 2.84. The van der Waals surface area contributed by atoms with Crippen molar-refractivity contribution in [3.8, 4) is 0 Å². The first-order chi connectivity index (χ1) is 9.81. The van der Waals surface area contributed by atoms with Gasteiger partial charge < -0.3 is 15.4 Å². The Bertz CT molecular complexity index is 500. The zero-order chi connectivity index (χ0) is 15.5. The smallest absolute Gasteiger partial charge is 0.407 e. The van der Waals surface area contributed by atoms with Gasteiger partial charge in [-0.15, -0.1) is 0 Å². The molecule has 1 aromatic rings. The van der Waals surface area contributed by atoms with Crippen molar-refractivity contribution in [1.29, 1.82) is 0 Å². The van der Waals surface area contributed by atoms with Crippen molar-refractivity contribution in [2.45, 2.75) is 51.7 Å². The van der Waals surface area contributed by atoms with Crippen molar-refractivity contribution < 1.29 is 9.53 Å². The second kappa shape index (κ2) is 6.06. The zero-order valence-electron chi connectivity index (χ0n) is 13.5. The molecule has 1 aliphatic rings. The van der Waals surface area contributed by atoms with Gasteiger partial charge in [-0.25, -0.2) is 4.79 Å². The highest BCUT2D eigenvalue weighted by molar-refractivity contribution is 5.67. The number of carbonyl (C=O) groups is 1. The van der Waals surface area contributed by atoms with E-state index < -0.39 is 5.60 Å². The Morgan fingerprint density at radius 1 is 1.43 bits per heavy atom. The third-order valence-electron chi connectivity index (χ3n) is 3.75. The topological polar surface area (TPSA) is 50.4 Å². The summed E-state index contributed by atoms with van der Waals surface area (Å²) in [5, 5.41) is 6.48. The summed E-state index contributed by atoms with van der Waals surface area (Å²) in [4.78, 5) is 11.9. The van der Waals surface area contributed by atoms with E-state index in [2.05, 4.69) is 41.8 Å². The molecule has 1 aliphatic heterocycles. The first-order valence-corrected chi connectivity index (χ1v) is 7.60. The van der Waals surface area contributed by atoms with Crippen LogP contribution >= 0.6 is 0 Å². The van der Waals surface area contributed by atoms with Gasteiger partial charge in [0.15, 0.2) is 0 Å². The van der Waals surface area contributed by atoms with E-state index in [1.54, 1.807) is 0 Å². The fraction of sp³-hybridized carbons (Fsp3) is 0.588. The van der Waals surface area contributed by atoms with Gasteiger partial charge in [0, 0.05) is 6.54 Å². The van der Waals surface area contributed by atoms with Crippen LogP contribution in [0.2, 0.25) is 0 Å². The second-order valence-electron chi connectivity index (χ2n) is 6.84. The average molecular weight is 290 g/mol. The Balaban J connectivity index is 2.08. The van der Waals surface area contributed by atoms with Gasteiger partial charge in [-0.2, -0.15) is 0 Å². The van der Waals surface area contributed by atoms with Crippen LogP contribution in [0.3, 0.4) is 0 Å². The van der Waals surface area contributed by atoms with E-state index in [4.69, 9.17) is 4.74 Å². The molecule has 1 unspecified atom stereocenters. The van der Waals surface area contributed by atoms with Crippen LogP contribution in [-0.4, -0.2) is 24.8 Å². The standard InChI is InChI=1S/C17H26N2O2/c1-13-7-5-8-14(11-13)17(9-6-10-19-17)12-18-15(20)21-16(2,3)4/h5,7-8,11,19H,6,9-10,12H2,1-4H3,(H,18,20). The van der Waals surface area contributed by atoms with E-state index >= 15 is 0 Å². The third kappa shape index (κ3) is 4.21. The monoisotopic (exact) mass is 290 g/mol. The number of rotatable bonds is 3. The molecular weight excluding hydrogens is 264 g/mol. The Morgan fingerprint density at radius 3 is 2.76 bits per heavy atom. The normalized spacial score (nSPS) is 22.1. The molecule has 1 heterocycles. The lowest BCUT2D eigenvalue weighted by Gasteiger charge is -2.31. The number of aryl methyl sites for hydroxylation is 1. The summed E-state index contributed by atoms with van der Waals surface area (Å²) in [5.74, 6) is 0. The Labute approximate surface area is 127 Å². The molecule has 1 saturated heterocycles. The van der Waals surface area contributed by atoms with Gasteiger partial charge in [0.2, 0.25) is 0 Å². The number of carbonyl (C=O) groups excluding carboxylic acids is 1. The highest BCUT2D eigenvalue weighted by atomic mass is 16.6. The molecular formula is C17H26N2O2. The number of ether oxygens (including phenoxy) is 1. The van der Waals surface area contributed by atoms with Gasteiger partial charge in [-0.3, -0.25) is 0 Å². The molecule has 0 aliphatic carbocycles. The molecule has 0 spiro atoms. The van der Waals surface area contributed by atoms with Gasteiger partial charge in [-0.1, -0.05) is 29.8 Å². The van der Waals surface area contributed by atoms with Crippen LogP contribution in [-0.2, 0) is 10.3 Å². The van der Waals surface area contributed by atoms with E-state index in [9.17, 15) is 4.79 Å². The van der Waals surface area contributed by atoms with Crippen molar-refractivity contribution >= 4 is 6.09 Å². The molecule has 2 rings (SSSR count). The number of hydrogen-bond donors (Lipinski definition) is 2. The number of amides is 1. The number of benzene rings is 1. The molecule has 21 heavy (non-hydrogen) atoms. The quantitative estimate of drug-likeness (QED) is 0.899. The highest BCUT2D eigenvalue weighted by Crippen LogP contribution is 2.30. The van der Waals surface area contributed by atoms with Crippen molar-refractivity contribution in [2.24, 2.45) is 0 Å². The van der Waals surface area contributed by atoms with Gasteiger partial charge in [0.05, 0.1) is 5.54 Å². The van der Waals surface area contributed by atoms with Crippen LogP contribution < -0.4 is 10.6 Å². The fourth-order valence-corrected chi connectivity index (χ4v) is 2.79.